The number of anilines is 2. The Balaban J connectivity index is 1.08. The summed E-state index contributed by atoms with van der Waals surface area (Å²) in [4.78, 5) is 14.6. The second kappa shape index (κ2) is 11.0. The van der Waals surface area contributed by atoms with E-state index in [1.165, 1.54) is 5.56 Å². The number of hydrogen-bond acceptors (Lipinski definition) is 7. The third-order valence-electron chi connectivity index (χ3n) is 6.37. The zero-order chi connectivity index (χ0) is 24.9. The van der Waals surface area contributed by atoms with Crippen LogP contribution in [-0.4, -0.2) is 57.8 Å². The molecule has 0 unspecified atom stereocenters. The van der Waals surface area contributed by atoms with E-state index in [0.717, 1.165) is 11.4 Å². The minimum Gasteiger partial charge on any atom is -0.457 e. The maximum absolute atomic E-state index is 12.5. The maximum Gasteiger partial charge on any atom is 0.412 e. The van der Waals surface area contributed by atoms with Gasteiger partial charge in [0.2, 0.25) is 0 Å². The van der Waals surface area contributed by atoms with Gasteiger partial charge in [0.1, 0.15) is 23.7 Å². The lowest BCUT2D eigenvalue weighted by Gasteiger charge is -2.18. The van der Waals surface area contributed by atoms with E-state index in [2.05, 4.69) is 39.8 Å². The number of amides is 1. The molecule has 0 radical (unpaired) electrons. The number of rotatable bonds is 8. The summed E-state index contributed by atoms with van der Waals surface area (Å²) in [5, 5.41) is 6.29. The van der Waals surface area contributed by atoms with Gasteiger partial charge in [0.25, 0.3) is 0 Å². The Labute approximate surface area is 211 Å². The average Bonchev–Trinajstić information content (AvgIpc) is 3.48. The van der Waals surface area contributed by atoms with Crippen LogP contribution in [0.15, 0.2) is 78.9 Å². The van der Waals surface area contributed by atoms with Crippen LogP contribution in [0.25, 0.3) is 0 Å². The van der Waals surface area contributed by atoms with Gasteiger partial charge >= 0.3 is 6.09 Å². The number of para-hydroxylation sites is 1. The molecule has 3 aromatic carbocycles. The highest BCUT2D eigenvalue weighted by Crippen LogP contribution is 2.30. The minimum atomic E-state index is -0.540. The van der Waals surface area contributed by atoms with Crippen LogP contribution in [0.3, 0.4) is 0 Å². The van der Waals surface area contributed by atoms with Gasteiger partial charge in [0.05, 0.1) is 19.3 Å². The first-order valence-corrected chi connectivity index (χ1v) is 12.1. The topological polar surface area (TPSA) is 81.3 Å². The van der Waals surface area contributed by atoms with Crippen LogP contribution in [-0.2, 0) is 20.8 Å². The van der Waals surface area contributed by atoms with Crippen molar-refractivity contribution in [3.8, 4) is 11.5 Å². The van der Waals surface area contributed by atoms with E-state index in [9.17, 15) is 4.79 Å². The maximum atomic E-state index is 12.5. The number of benzene rings is 3. The summed E-state index contributed by atoms with van der Waals surface area (Å²) in [7, 11) is 4.05. The third-order valence-corrected chi connectivity index (χ3v) is 6.37. The van der Waals surface area contributed by atoms with Crippen LogP contribution < -0.4 is 20.3 Å². The molecule has 188 valence electrons. The van der Waals surface area contributed by atoms with Gasteiger partial charge in [-0.2, -0.15) is 0 Å². The van der Waals surface area contributed by atoms with E-state index in [-0.39, 0.29) is 18.2 Å². The Kier molecular flexibility index (Phi) is 7.36. The number of fused-ring (bicyclic) bond motifs is 1. The van der Waals surface area contributed by atoms with Crippen molar-refractivity contribution < 1.29 is 23.7 Å². The van der Waals surface area contributed by atoms with Gasteiger partial charge in [-0.25, -0.2) is 4.79 Å². The highest BCUT2D eigenvalue weighted by atomic mass is 16.6. The average molecular weight is 490 g/mol. The van der Waals surface area contributed by atoms with Gasteiger partial charge in [0.15, 0.2) is 6.10 Å². The quantitative estimate of drug-likeness (QED) is 0.485. The fraction of sp³-hybridized carbons (Fsp3) is 0.321. The van der Waals surface area contributed by atoms with Gasteiger partial charge in [0, 0.05) is 32.0 Å². The van der Waals surface area contributed by atoms with Gasteiger partial charge in [-0.05, 0) is 54.1 Å². The molecule has 8 nitrogen and oxygen atoms in total. The van der Waals surface area contributed by atoms with Crippen molar-refractivity contribution in [2.75, 3.05) is 37.5 Å². The first-order chi connectivity index (χ1) is 17.5. The molecule has 0 spiro atoms. The molecular formula is C28H31N3O5. The summed E-state index contributed by atoms with van der Waals surface area (Å²) in [6, 6.07) is 25.1. The van der Waals surface area contributed by atoms with Crippen molar-refractivity contribution in [2.24, 2.45) is 0 Å². The number of carbonyl (C=O) groups excluding carboxylic acids is 1. The van der Waals surface area contributed by atoms with Crippen LogP contribution in [0.5, 0.6) is 11.5 Å². The summed E-state index contributed by atoms with van der Waals surface area (Å²) in [6.07, 6.45) is -1.44. The van der Waals surface area contributed by atoms with Crippen molar-refractivity contribution in [3.05, 3.63) is 84.4 Å². The molecule has 5 rings (SSSR count). The van der Waals surface area contributed by atoms with E-state index in [1.54, 1.807) is 24.3 Å². The summed E-state index contributed by atoms with van der Waals surface area (Å²) in [5.41, 5.74) is 2.97. The molecule has 1 amide bonds. The van der Waals surface area contributed by atoms with E-state index < -0.39 is 12.2 Å². The fourth-order valence-corrected chi connectivity index (χ4v) is 4.42. The fourth-order valence-electron chi connectivity index (χ4n) is 4.42. The molecule has 4 atom stereocenters. The summed E-state index contributed by atoms with van der Waals surface area (Å²) >= 11 is 0. The zero-order valence-corrected chi connectivity index (χ0v) is 20.4. The zero-order valence-electron chi connectivity index (χ0n) is 20.4. The normalized spacial score (nSPS) is 22.6. The molecule has 0 aromatic heterocycles. The van der Waals surface area contributed by atoms with Gasteiger partial charge in [-0.1, -0.05) is 30.3 Å². The molecule has 2 heterocycles. The lowest BCUT2D eigenvalue weighted by Crippen LogP contribution is -2.41. The van der Waals surface area contributed by atoms with E-state index in [1.807, 2.05) is 44.4 Å². The van der Waals surface area contributed by atoms with Crippen molar-refractivity contribution in [3.63, 3.8) is 0 Å². The SMILES string of the molecule is CN(C)c1ccc(CN[C@@H]2CO[C@@H]3[C@@H]2OC[C@H]3OC(=O)Nc2ccc(Oc3ccccc3)cc2)cc1. The molecule has 2 saturated heterocycles. The van der Waals surface area contributed by atoms with E-state index in [4.69, 9.17) is 18.9 Å². The standard InChI is InChI=1S/C28H31N3O5/c1-31(2)21-12-8-19(9-13-21)16-29-24-17-33-27-25(18-34-26(24)27)36-28(32)30-20-10-14-23(15-11-20)35-22-6-4-3-5-7-22/h3-15,24-27,29H,16-18H2,1-2H3,(H,30,32)/t24-,25-,26-,27+/m1/s1. The van der Waals surface area contributed by atoms with Crippen LogP contribution in [0.2, 0.25) is 0 Å². The minimum absolute atomic E-state index is 0.0392. The number of nitrogens with one attached hydrogen (secondary N) is 2. The van der Waals surface area contributed by atoms with Crippen molar-refractivity contribution in [1.29, 1.82) is 0 Å². The number of ether oxygens (including phenoxy) is 4. The predicted molar refractivity (Wildman–Crippen MR) is 138 cm³/mol. The first-order valence-electron chi connectivity index (χ1n) is 12.1. The molecule has 8 heteroatoms. The number of nitrogens with zero attached hydrogens (tertiary/aromatic N) is 1. The van der Waals surface area contributed by atoms with Crippen molar-refractivity contribution in [2.45, 2.75) is 30.9 Å². The Hall–Kier alpha value is -3.59. The highest BCUT2D eigenvalue weighted by molar-refractivity contribution is 5.84. The Morgan fingerprint density at radius 1 is 0.889 bits per heavy atom. The lowest BCUT2D eigenvalue weighted by atomic mass is 10.1. The third kappa shape index (κ3) is 5.79. The molecule has 36 heavy (non-hydrogen) atoms. The Bertz CT molecular complexity index is 1140. The molecule has 2 aliphatic heterocycles. The monoisotopic (exact) mass is 489 g/mol. The highest BCUT2D eigenvalue weighted by Gasteiger charge is 2.49. The van der Waals surface area contributed by atoms with Gasteiger partial charge in [-0.3, -0.25) is 5.32 Å². The second-order valence-corrected chi connectivity index (χ2v) is 9.15. The first kappa shape index (κ1) is 24.1. The molecule has 2 N–H and O–H groups in total. The number of carbonyl (C=O) groups is 1. The Morgan fingerprint density at radius 3 is 2.31 bits per heavy atom. The molecule has 0 bridgehead atoms. The summed E-state index contributed by atoms with van der Waals surface area (Å²) in [6.45, 7) is 1.53. The van der Waals surface area contributed by atoms with Crippen LogP contribution in [0, 0.1) is 0 Å². The summed E-state index contributed by atoms with van der Waals surface area (Å²) in [5.74, 6) is 1.43. The van der Waals surface area contributed by atoms with Crippen LogP contribution in [0.4, 0.5) is 16.2 Å². The summed E-state index contributed by atoms with van der Waals surface area (Å²) < 4.78 is 23.3. The predicted octanol–water partition coefficient (Wildman–Crippen LogP) is 4.42. The van der Waals surface area contributed by atoms with Crippen molar-refractivity contribution >= 4 is 17.5 Å². The van der Waals surface area contributed by atoms with E-state index in [0.29, 0.717) is 31.2 Å². The van der Waals surface area contributed by atoms with Gasteiger partial charge < -0.3 is 29.2 Å². The largest absolute Gasteiger partial charge is 0.457 e. The molecule has 0 saturated carbocycles. The molecular weight excluding hydrogens is 458 g/mol. The second-order valence-electron chi connectivity index (χ2n) is 9.15. The van der Waals surface area contributed by atoms with Crippen LogP contribution >= 0.6 is 0 Å². The Morgan fingerprint density at radius 2 is 1.58 bits per heavy atom. The van der Waals surface area contributed by atoms with Crippen molar-refractivity contribution in [1.82, 2.24) is 5.32 Å². The smallest absolute Gasteiger partial charge is 0.412 e. The van der Waals surface area contributed by atoms with Gasteiger partial charge in [-0.15, -0.1) is 0 Å². The molecule has 2 fully saturated rings. The molecule has 0 aliphatic carbocycles. The van der Waals surface area contributed by atoms with Crippen LogP contribution in [0.1, 0.15) is 5.56 Å². The lowest BCUT2D eigenvalue weighted by molar-refractivity contribution is 0.00854. The molecule has 3 aromatic rings. The molecule has 2 aliphatic rings. The van der Waals surface area contributed by atoms with E-state index >= 15 is 0 Å². The number of hydrogen-bond donors (Lipinski definition) is 2.